The maximum Gasteiger partial charge on any atom is 0.313 e. The third kappa shape index (κ3) is 5.75. The molecular formula is C24H24F2N4O3. The third-order valence-electron chi connectivity index (χ3n) is 5.56. The van der Waals surface area contributed by atoms with Crippen LogP contribution in [0.25, 0.3) is 0 Å². The highest BCUT2D eigenvalue weighted by atomic mass is 19.1. The van der Waals surface area contributed by atoms with Gasteiger partial charge in [0.2, 0.25) is 0 Å². The zero-order valence-electron chi connectivity index (χ0n) is 17.8. The number of hydrogen-bond donors (Lipinski definition) is 2. The summed E-state index contributed by atoms with van der Waals surface area (Å²) in [5.74, 6) is -1.80. The molecule has 0 saturated carbocycles. The molecule has 1 fully saturated rings. The Morgan fingerprint density at radius 1 is 0.909 bits per heavy atom. The van der Waals surface area contributed by atoms with Crippen LogP contribution in [0.15, 0.2) is 71.3 Å². The Morgan fingerprint density at radius 2 is 1.67 bits per heavy atom. The molecule has 1 aliphatic rings. The average Bonchev–Trinajstić information content (AvgIpc) is 3.35. The van der Waals surface area contributed by atoms with Gasteiger partial charge < -0.3 is 20.0 Å². The molecule has 3 aromatic rings. The van der Waals surface area contributed by atoms with Gasteiger partial charge in [-0.15, -0.1) is 0 Å². The second-order valence-corrected chi connectivity index (χ2v) is 7.71. The molecule has 1 saturated heterocycles. The number of benzene rings is 2. The summed E-state index contributed by atoms with van der Waals surface area (Å²) in [4.78, 5) is 28.9. The number of nitrogens with zero attached hydrogens (tertiary/aromatic N) is 2. The van der Waals surface area contributed by atoms with Crippen molar-refractivity contribution >= 4 is 23.2 Å². The first-order valence-electron chi connectivity index (χ1n) is 10.6. The molecule has 9 heteroatoms. The average molecular weight is 454 g/mol. The maximum atomic E-state index is 13.3. The summed E-state index contributed by atoms with van der Waals surface area (Å²) in [6, 6.07) is 15.1. The van der Waals surface area contributed by atoms with E-state index in [0.717, 1.165) is 24.8 Å². The number of halogens is 2. The standard InChI is InChI=1S/C24H24F2N4O3/c25-17-6-8-20(9-7-17)29-10-12-30(13-11-29)21(22-5-2-14-33-22)16-27-23(31)24(32)28-19-4-1-3-18(26)15-19/h1-9,14-15,21H,10-13,16H2,(H,27,31)(H,28,32). The van der Waals surface area contributed by atoms with Crippen molar-refractivity contribution in [2.24, 2.45) is 0 Å². The summed E-state index contributed by atoms with van der Waals surface area (Å²) in [5, 5.41) is 5.04. The molecule has 2 amide bonds. The summed E-state index contributed by atoms with van der Waals surface area (Å²) >= 11 is 0. The Labute approximate surface area is 190 Å². The monoisotopic (exact) mass is 454 g/mol. The molecular weight excluding hydrogens is 430 g/mol. The lowest BCUT2D eigenvalue weighted by Gasteiger charge is -2.39. The smallest absolute Gasteiger partial charge is 0.313 e. The van der Waals surface area contributed by atoms with Crippen molar-refractivity contribution in [3.8, 4) is 0 Å². The van der Waals surface area contributed by atoms with Gasteiger partial charge in [0.05, 0.1) is 12.3 Å². The molecule has 2 heterocycles. The Bertz CT molecular complexity index is 1080. The zero-order chi connectivity index (χ0) is 23.2. The Kier molecular flexibility index (Phi) is 6.99. The van der Waals surface area contributed by atoms with Gasteiger partial charge in [-0.05, 0) is 54.6 Å². The lowest BCUT2D eigenvalue weighted by Crippen LogP contribution is -2.50. The molecule has 2 aromatic carbocycles. The molecule has 0 radical (unpaired) electrons. The summed E-state index contributed by atoms with van der Waals surface area (Å²) in [6.07, 6.45) is 1.57. The predicted molar refractivity (Wildman–Crippen MR) is 120 cm³/mol. The van der Waals surface area contributed by atoms with Gasteiger partial charge >= 0.3 is 11.8 Å². The normalized spacial score (nSPS) is 15.2. The van der Waals surface area contributed by atoms with Crippen molar-refractivity contribution < 1.29 is 22.8 Å². The number of carbonyl (C=O) groups excluding carboxylic acids is 2. The first kappa shape index (κ1) is 22.5. The van der Waals surface area contributed by atoms with Crippen LogP contribution in [-0.4, -0.2) is 49.4 Å². The van der Waals surface area contributed by atoms with Crippen LogP contribution >= 0.6 is 0 Å². The number of amides is 2. The lowest BCUT2D eigenvalue weighted by molar-refractivity contribution is -0.136. The van der Waals surface area contributed by atoms with E-state index < -0.39 is 17.6 Å². The highest BCUT2D eigenvalue weighted by Gasteiger charge is 2.28. The van der Waals surface area contributed by atoms with E-state index in [4.69, 9.17) is 4.42 Å². The lowest BCUT2D eigenvalue weighted by atomic mass is 10.1. The van der Waals surface area contributed by atoms with Crippen LogP contribution in [0.4, 0.5) is 20.2 Å². The molecule has 1 aliphatic heterocycles. The van der Waals surface area contributed by atoms with E-state index in [9.17, 15) is 18.4 Å². The predicted octanol–water partition coefficient (Wildman–Crippen LogP) is 3.18. The first-order valence-corrected chi connectivity index (χ1v) is 10.6. The van der Waals surface area contributed by atoms with Crippen molar-refractivity contribution in [3.05, 3.63) is 84.3 Å². The van der Waals surface area contributed by atoms with E-state index in [-0.39, 0.29) is 24.1 Å². The minimum absolute atomic E-state index is 0.166. The van der Waals surface area contributed by atoms with Gasteiger partial charge in [-0.1, -0.05) is 6.07 Å². The first-order chi connectivity index (χ1) is 16.0. The summed E-state index contributed by atoms with van der Waals surface area (Å²) in [5.41, 5.74) is 1.16. The number of hydrogen-bond acceptors (Lipinski definition) is 5. The number of carbonyl (C=O) groups is 2. The van der Waals surface area contributed by atoms with E-state index in [0.29, 0.717) is 18.8 Å². The Hall–Kier alpha value is -3.72. The Morgan fingerprint density at radius 3 is 2.33 bits per heavy atom. The highest BCUT2D eigenvalue weighted by molar-refractivity contribution is 6.39. The van der Waals surface area contributed by atoms with Crippen LogP contribution in [0.5, 0.6) is 0 Å². The van der Waals surface area contributed by atoms with Crippen molar-refractivity contribution in [2.45, 2.75) is 6.04 Å². The van der Waals surface area contributed by atoms with Gasteiger partial charge in [-0.3, -0.25) is 14.5 Å². The molecule has 33 heavy (non-hydrogen) atoms. The SMILES string of the molecule is O=C(NCC(c1ccco1)N1CCN(c2ccc(F)cc2)CC1)C(=O)Nc1cccc(F)c1. The molecule has 0 aliphatic carbocycles. The van der Waals surface area contributed by atoms with Crippen LogP contribution in [-0.2, 0) is 9.59 Å². The summed E-state index contributed by atoms with van der Waals surface area (Å²) in [6.45, 7) is 2.98. The number of furan rings is 1. The summed E-state index contributed by atoms with van der Waals surface area (Å²) < 4.78 is 32.1. The largest absolute Gasteiger partial charge is 0.468 e. The number of nitrogens with one attached hydrogen (secondary N) is 2. The molecule has 0 bridgehead atoms. The van der Waals surface area contributed by atoms with E-state index >= 15 is 0 Å². The minimum atomic E-state index is -0.875. The van der Waals surface area contributed by atoms with Gasteiger partial charge in [0, 0.05) is 44.1 Å². The van der Waals surface area contributed by atoms with Gasteiger partial charge in [-0.25, -0.2) is 8.78 Å². The van der Waals surface area contributed by atoms with Crippen LogP contribution in [0.3, 0.4) is 0 Å². The molecule has 1 unspecified atom stereocenters. The van der Waals surface area contributed by atoms with Crippen molar-refractivity contribution in [1.82, 2.24) is 10.2 Å². The van der Waals surface area contributed by atoms with Crippen molar-refractivity contribution in [1.29, 1.82) is 0 Å². The fourth-order valence-electron chi connectivity index (χ4n) is 3.86. The van der Waals surface area contributed by atoms with E-state index in [1.807, 2.05) is 6.07 Å². The second kappa shape index (κ2) is 10.3. The van der Waals surface area contributed by atoms with E-state index in [1.165, 1.54) is 30.3 Å². The van der Waals surface area contributed by atoms with Crippen LogP contribution in [0.1, 0.15) is 11.8 Å². The molecule has 7 nitrogen and oxygen atoms in total. The second-order valence-electron chi connectivity index (χ2n) is 7.71. The fourth-order valence-corrected chi connectivity index (χ4v) is 3.86. The van der Waals surface area contributed by atoms with Gasteiger partial charge in [0.15, 0.2) is 0 Å². The zero-order valence-corrected chi connectivity index (χ0v) is 17.8. The molecule has 0 spiro atoms. The number of anilines is 2. The minimum Gasteiger partial charge on any atom is -0.468 e. The maximum absolute atomic E-state index is 13.3. The quantitative estimate of drug-likeness (QED) is 0.560. The van der Waals surface area contributed by atoms with Crippen LogP contribution in [0.2, 0.25) is 0 Å². The molecule has 1 aromatic heterocycles. The van der Waals surface area contributed by atoms with Crippen molar-refractivity contribution in [2.75, 3.05) is 42.9 Å². The molecule has 172 valence electrons. The Balaban J connectivity index is 1.35. The fraction of sp³-hybridized carbons (Fsp3) is 0.250. The summed E-state index contributed by atoms with van der Waals surface area (Å²) in [7, 11) is 0. The molecule has 2 N–H and O–H groups in total. The van der Waals surface area contributed by atoms with Gasteiger partial charge in [-0.2, -0.15) is 0 Å². The van der Waals surface area contributed by atoms with Crippen molar-refractivity contribution in [3.63, 3.8) is 0 Å². The topological polar surface area (TPSA) is 77.8 Å². The van der Waals surface area contributed by atoms with E-state index in [1.54, 1.807) is 24.5 Å². The number of rotatable bonds is 6. The van der Waals surface area contributed by atoms with E-state index in [2.05, 4.69) is 20.4 Å². The molecule has 4 rings (SSSR count). The number of piperazine rings is 1. The van der Waals surface area contributed by atoms with Gasteiger partial charge in [0.1, 0.15) is 17.4 Å². The van der Waals surface area contributed by atoms with Crippen LogP contribution < -0.4 is 15.5 Å². The highest BCUT2D eigenvalue weighted by Crippen LogP contribution is 2.24. The van der Waals surface area contributed by atoms with Gasteiger partial charge in [0.25, 0.3) is 0 Å². The van der Waals surface area contributed by atoms with Crippen LogP contribution in [0, 0.1) is 11.6 Å². The third-order valence-corrected chi connectivity index (χ3v) is 5.56. The molecule has 1 atom stereocenters.